The largest absolute Gasteiger partial charge is 0.480 e. The van der Waals surface area contributed by atoms with Crippen molar-refractivity contribution in [3.8, 4) is 0 Å². The number of benzene rings is 1. The van der Waals surface area contributed by atoms with Crippen LogP contribution in [0.5, 0.6) is 0 Å². The average Bonchev–Trinajstić information content (AvgIpc) is 2.36. The molecule has 0 aliphatic carbocycles. The van der Waals surface area contributed by atoms with Gasteiger partial charge in [0, 0.05) is 20.9 Å². The Morgan fingerprint density at radius 1 is 1.47 bits per heavy atom. The fraction of sp³-hybridized carbons (Fsp3) is 0.231. The first-order valence-corrected chi connectivity index (χ1v) is 6.48. The predicted molar refractivity (Wildman–Crippen MR) is 76.3 cm³/mol. The number of fused-ring (bicyclic) bond motifs is 1. The van der Waals surface area contributed by atoms with Crippen molar-refractivity contribution >= 4 is 38.5 Å². The van der Waals surface area contributed by atoms with Gasteiger partial charge in [0.05, 0.1) is 6.61 Å². The van der Waals surface area contributed by atoms with Gasteiger partial charge in [0.15, 0.2) is 0 Å². The molecule has 2 rings (SSSR count). The topological polar surface area (TPSA) is 82.5 Å². The molecule has 6 heteroatoms. The highest BCUT2D eigenvalue weighted by molar-refractivity contribution is 9.10. The van der Waals surface area contributed by atoms with E-state index in [9.17, 15) is 4.79 Å². The van der Waals surface area contributed by atoms with Crippen molar-refractivity contribution in [1.82, 2.24) is 4.98 Å². The van der Waals surface area contributed by atoms with E-state index in [0.29, 0.717) is 5.82 Å². The summed E-state index contributed by atoms with van der Waals surface area (Å²) in [5, 5.41) is 22.6. The van der Waals surface area contributed by atoms with Crippen LogP contribution in [0, 0.1) is 6.92 Å². The fourth-order valence-corrected chi connectivity index (χ4v) is 2.31. The summed E-state index contributed by atoms with van der Waals surface area (Å²) >= 11 is 3.46. The third-order valence-electron chi connectivity index (χ3n) is 2.74. The molecule has 3 N–H and O–H groups in total. The molecule has 0 bridgehead atoms. The number of aromatic nitrogens is 1. The van der Waals surface area contributed by atoms with E-state index in [0.717, 1.165) is 20.9 Å². The number of hydrogen-bond acceptors (Lipinski definition) is 4. The van der Waals surface area contributed by atoms with Crippen LogP contribution < -0.4 is 5.32 Å². The molecule has 0 spiro atoms. The summed E-state index contributed by atoms with van der Waals surface area (Å²) in [6.45, 7) is 1.33. The molecule has 2 aromatic rings. The Hall–Kier alpha value is -1.66. The summed E-state index contributed by atoms with van der Waals surface area (Å²) < 4.78 is 0.912. The van der Waals surface area contributed by atoms with Crippen LogP contribution in [0.15, 0.2) is 28.7 Å². The molecule has 0 aliphatic rings. The molecule has 1 atom stereocenters. The van der Waals surface area contributed by atoms with E-state index in [2.05, 4.69) is 26.2 Å². The Morgan fingerprint density at radius 2 is 2.21 bits per heavy atom. The Balaban J connectivity index is 2.53. The van der Waals surface area contributed by atoms with Crippen molar-refractivity contribution in [2.24, 2.45) is 0 Å². The van der Waals surface area contributed by atoms with E-state index in [4.69, 9.17) is 10.2 Å². The summed E-state index contributed by atoms with van der Waals surface area (Å²) in [6, 6.07) is 6.46. The van der Waals surface area contributed by atoms with E-state index in [1.54, 1.807) is 0 Å². The first-order valence-electron chi connectivity index (χ1n) is 5.69. The summed E-state index contributed by atoms with van der Waals surface area (Å²) in [4.78, 5) is 15.3. The van der Waals surface area contributed by atoms with Crippen molar-refractivity contribution < 1.29 is 15.0 Å². The molecule has 19 heavy (non-hydrogen) atoms. The number of halogens is 1. The number of carboxylic acids is 1. The number of aliphatic carboxylic acids is 1. The number of pyridine rings is 1. The maximum atomic E-state index is 11.0. The van der Waals surface area contributed by atoms with E-state index >= 15 is 0 Å². The van der Waals surface area contributed by atoms with Gasteiger partial charge in [-0.2, -0.15) is 0 Å². The molecule has 1 unspecified atom stereocenters. The number of anilines is 1. The van der Waals surface area contributed by atoms with Crippen LogP contribution in [0.25, 0.3) is 10.8 Å². The first-order chi connectivity index (χ1) is 9.02. The van der Waals surface area contributed by atoms with Crippen molar-refractivity contribution in [1.29, 1.82) is 0 Å². The fourth-order valence-electron chi connectivity index (χ4n) is 1.83. The molecule has 0 aliphatic heterocycles. The van der Waals surface area contributed by atoms with Gasteiger partial charge in [-0.15, -0.1) is 0 Å². The molecular formula is C13H13BrN2O3. The van der Waals surface area contributed by atoms with Crippen molar-refractivity contribution in [3.05, 3.63) is 34.4 Å². The minimum Gasteiger partial charge on any atom is -0.480 e. The molecule has 5 nitrogen and oxygen atoms in total. The summed E-state index contributed by atoms with van der Waals surface area (Å²) in [7, 11) is 0. The van der Waals surface area contributed by atoms with Gasteiger partial charge >= 0.3 is 5.97 Å². The maximum Gasteiger partial charge on any atom is 0.328 e. The van der Waals surface area contributed by atoms with Crippen molar-refractivity contribution in [2.45, 2.75) is 13.0 Å². The smallest absolute Gasteiger partial charge is 0.328 e. The van der Waals surface area contributed by atoms with Gasteiger partial charge in [-0.1, -0.05) is 28.1 Å². The molecule has 0 saturated heterocycles. The molecule has 1 aromatic heterocycles. The first kappa shape index (κ1) is 13.8. The lowest BCUT2D eigenvalue weighted by atomic mass is 10.1. The minimum absolute atomic E-state index is 0.456. The molecule has 0 fully saturated rings. The maximum absolute atomic E-state index is 11.0. The summed E-state index contributed by atoms with van der Waals surface area (Å²) in [5.41, 5.74) is 0.768. The molecule has 0 radical (unpaired) electrons. The number of aliphatic hydroxyl groups is 1. The van der Waals surface area contributed by atoms with Gasteiger partial charge in [-0.25, -0.2) is 9.78 Å². The Labute approximate surface area is 118 Å². The highest BCUT2D eigenvalue weighted by Crippen LogP contribution is 2.29. The second kappa shape index (κ2) is 5.54. The molecule has 0 amide bonds. The van der Waals surface area contributed by atoms with E-state index in [1.165, 1.54) is 0 Å². The molecular weight excluding hydrogens is 312 g/mol. The summed E-state index contributed by atoms with van der Waals surface area (Å²) in [5.74, 6) is -0.660. The summed E-state index contributed by atoms with van der Waals surface area (Å²) in [6.07, 6.45) is 0. The molecule has 1 aromatic carbocycles. The van der Waals surface area contributed by atoms with Gasteiger partial charge in [0.2, 0.25) is 0 Å². The van der Waals surface area contributed by atoms with Gasteiger partial charge in [-0.05, 0) is 19.1 Å². The number of hydrogen-bond donors (Lipinski definition) is 3. The standard InChI is InChI=1S/C13H13BrN2O3/c1-7-5-9-8(3-2-4-10(9)14)12(15-7)16-11(6-17)13(18)19/h2-5,11,17H,6H2,1H3,(H,15,16)(H,18,19). The third kappa shape index (κ3) is 2.85. The number of carboxylic acid groups (broad SMARTS) is 1. The number of nitrogens with zero attached hydrogens (tertiary/aromatic N) is 1. The monoisotopic (exact) mass is 324 g/mol. The minimum atomic E-state index is -1.12. The molecule has 0 saturated carbocycles. The van der Waals surface area contributed by atoms with Crippen LogP contribution in [0.3, 0.4) is 0 Å². The average molecular weight is 325 g/mol. The zero-order valence-electron chi connectivity index (χ0n) is 10.2. The number of nitrogens with one attached hydrogen (secondary N) is 1. The SMILES string of the molecule is Cc1cc2c(Br)cccc2c(NC(CO)C(=O)O)n1. The lowest BCUT2D eigenvalue weighted by molar-refractivity contribution is -0.138. The normalized spacial score (nSPS) is 12.4. The number of aliphatic hydroxyl groups excluding tert-OH is 1. The Kier molecular flexibility index (Phi) is 4.01. The van der Waals surface area contributed by atoms with Crippen molar-refractivity contribution in [2.75, 3.05) is 11.9 Å². The Bertz CT molecular complexity index is 631. The highest BCUT2D eigenvalue weighted by atomic mass is 79.9. The number of aryl methyl sites for hydroxylation is 1. The van der Waals surface area contributed by atoms with Crippen LogP contribution >= 0.6 is 15.9 Å². The second-order valence-electron chi connectivity index (χ2n) is 4.16. The van der Waals surface area contributed by atoms with E-state index < -0.39 is 18.6 Å². The van der Waals surface area contributed by atoms with Crippen LogP contribution in [-0.2, 0) is 4.79 Å². The molecule has 100 valence electrons. The lowest BCUT2D eigenvalue weighted by Crippen LogP contribution is -2.33. The second-order valence-corrected chi connectivity index (χ2v) is 5.02. The van der Waals surface area contributed by atoms with Gasteiger partial charge in [-0.3, -0.25) is 0 Å². The van der Waals surface area contributed by atoms with Gasteiger partial charge in [0.25, 0.3) is 0 Å². The lowest BCUT2D eigenvalue weighted by Gasteiger charge is -2.15. The van der Waals surface area contributed by atoms with E-state index in [1.807, 2.05) is 31.2 Å². The van der Waals surface area contributed by atoms with E-state index in [-0.39, 0.29) is 0 Å². The predicted octanol–water partition coefficient (Wildman–Crippen LogP) is 2.16. The highest BCUT2D eigenvalue weighted by Gasteiger charge is 2.18. The van der Waals surface area contributed by atoms with Crippen LogP contribution in [0.2, 0.25) is 0 Å². The number of rotatable bonds is 4. The number of carbonyl (C=O) groups is 1. The zero-order valence-corrected chi connectivity index (χ0v) is 11.8. The van der Waals surface area contributed by atoms with Gasteiger partial charge in [0.1, 0.15) is 11.9 Å². The zero-order chi connectivity index (χ0) is 14.0. The molecule has 1 heterocycles. The third-order valence-corrected chi connectivity index (χ3v) is 3.43. The van der Waals surface area contributed by atoms with Crippen molar-refractivity contribution in [3.63, 3.8) is 0 Å². The quantitative estimate of drug-likeness (QED) is 0.802. The van der Waals surface area contributed by atoms with Crippen LogP contribution in [0.4, 0.5) is 5.82 Å². The van der Waals surface area contributed by atoms with Crippen LogP contribution in [-0.4, -0.2) is 33.8 Å². The van der Waals surface area contributed by atoms with Gasteiger partial charge < -0.3 is 15.5 Å². The van der Waals surface area contributed by atoms with Crippen LogP contribution in [0.1, 0.15) is 5.69 Å². The Morgan fingerprint density at radius 3 is 2.84 bits per heavy atom.